The highest BCUT2D eigenvalue weighted by atomic mass is 19.2. The molecule has 0 aliphatic carbocycles. The van der Waals surface area contributed by atoms with Crippen LogP contribution in [0.15, 0.2) is 41.2 Å². The van der Waals surface area contributed by atoms with Gasteiger partial charge in [-0.1, -0.05) is 18.2 Å². The molecule has 0 bridgehead atoms. The van der Waals surface area contributed by atoms with Gasteiger partial charge in [-0.25, -0.2) is 18.3 Å². The molecule has 2 N–H and O–H groups in total. The molecule has 1 atom stereocenters. The highest BCUT2D eigenvalue weighted by Gasteiger charge is 2.22. The van der Waals surface area contributed by atoms with E-state index in [1.807, 2.05) is 5.32 Å². The number of hydrogen-bond donors (Lipinski definition) is 2. The number of hydrogen-bond acceptors (Lipinski definition) is 5. The molecule has 2 aromatic carbocycles. The lowest BCUT2D eigenvalue weighted by Crippen LogP contribution is -2.31. The summed E-state index contributed by atoms with van der Waals surface area (Å²) >= 11 is 0. The highest BCUT2D eigenvalue weighted by molar-refractivity contribution is 5.95. The molecule has 29 heavy (non-hydrogen) atoms. The van der Waals surface area contributed by atoms with Crippen LogP contribution in [0, 0.1) is 17.5 Å². The standard InChI is InChI=1S/C19H14F3N3O4/c1-9(18(27)23-13-7-6-12(20)16(21)17(13)22)29-15(26)8-14-10-4-2-3-5-11(10)19(28)25-24-14/h2-7,9H,8H2,1H3,(H,23,27)(H,25,28). The third-order valence-corrected chi connectivity index (χ3v) is 4.06. The molecule has 0 fully saturated rings. The maximum absolute atomic E-state index is 13.6. The van der Waals surface area contributed by atoms with Gasteiger partial charge in [0.1, 0.15) is 0 Å². The molecule has 1 aromatic heterocycles. The number of esters is 1. The maximum atomic E-state index is 13.6. The van der Waals surface area contributed by atoms with E-state index < -0.39 is 46.7 Å². The van der Waals surface area contributed by atoms with E-state index in [0.717, 1.165) is 6.07 Å². The van der Waals surface area contributed by atoms with Crippen LogP contribution in [0.5, 0.6) is 0 Å². The molecule has 0 saturated carbocycles. The zero-order valence-electron chi connectivity index (χ0n) is 15.0. The van der Waals surface area contributed by atoms with E-state index in [2.05, 4.69) is 10.2 Å². The molecule has 0 spiro atoms. The van der Waals surface area contributed by atoms with Crippen molar-refractivity contribution in [3.63, 3.8) is 0 Å². The Labute approximate surface area is 161 Å². The summed E-state index contributed by atoms with van der Waals surface area (Å²) < 4.78 is 44.8. The molecule has 150 valence electrons. The Morgan fingerprint density at radius 1 is 1.10 bits per heavy atom. The first-order valence-corrected chi connectivity index (χ1v) is 8.38. The maximum Gasteiger partial charge on any atom is 0.312 e. The molecule has 10 heteroatoms. The minimum atomic E-state index is -1.73. The van der Waals surface area contributed by atoms with Crippen molar-refractivity contribution in [1.82, 2.24) is 10.2 Å². The van der Waals surface area contributed by atoms with Gasteiger partial charge in [-0.2, -0.15) is 5.10 Å². The first kappa shape index (κ1) is 20.1. The minimum Gasteiger partial charge on any atom is -0.452 e. The van der Waals surface area contributed by atoms with Crippen LogP contribution in [-0.4, -0.2) is 28.2 Å². The summed E-state index contributed by atoms with van der Waals surface area (Å²) in [7, 11) is 0. The quantitative estimate of drug-likeness (QED) is 0.502. The van der Waals surface area contributed by atoms with Crippen LogP contribution in [-0.2, 0) is 20.7 Å². The molecule has 1 amide bonds. The van der Waals surface area contributed by atoms with Crippen molar-refractivity contribution < 1.29 is 27.5 Å². The van der Waals surface area contributed by atoms with Gasteiger partial charge in [-0.3, -0.25) is 14.4 Å². The second-order valence-electron chi connectivity index (χ2n) is 6.07. The SMILES string of the molecule is CC(OC(=O)Cc1n[nH]c(=O)c2ccccc12)C(=O)Nc1ccc(F)c(F)c1F. The number of carbonyl (C=O) groups is 2. The summed E-state index contributed by atoms with van der Waals surface area (Å²) in [6, 6.07) is 8.00. The predicted molar refractivity (Wildman–Crippen MR) is 96.6 cm³/mol. The third-order valence-electron chi connectivity index (χ3n) is 4.06. The smallest absolute Gasteiger partial charge is 0.312 e. The average molecular weight is 405 g/mol. The van der Waals surface area contributed by atoms with Crippen LogP contribution in [0.4, 0.5) is 18.9 Å². The average Bonchev–Trinajstić information content (AvgIpc) is 2.70. The predicted octanol–water partition coefficient (Wildman–Crippen LogP) is 2.45. The lowest BCUT2D eigenvalue weighted by molar-refractivity contribution is -0.152. The molecule has 3 aromatic rings. The normalized spacial score (nSPS) is 11.9. The van der Waals surface area contributed by atoms with Crippen molar-refractivity contribution in [3.8, 4) is 0 Å². The van der Waals surface area contributed by atoms with Gasteiger partial charge in [-0.05, 0) is 25.1 Å². The van der Waals surface area contributed by atoms with Crippen LogP contribution in [0.1, 0.15) is 12.6 Å². The molecule has 1 unspecified atom stereocenters. The van der Waals surface area contributed by atoms with Crippen LogP contribution < -0.4 is 10.9 Å². The number of anilines is 1. The number of rotatable bonds is 5. The fourth-order valence-electron chi connectivity index (χ4n) is 2.59. The number of benzene rings is 2. The van der Waals surface area contributed by atoms with Crippen LogP contribution in [0.3, 0.4) is 0 Å². The Bertz CT molecular complexity index is 1160. The van der Waals surface area contributed by atoms with Crippen LogP contribution >= 0.6 is 0 Å². The first-order valence-electron chi connectivity index (χ1n) is 8.38. The van der Waals surface area contributed by atoms with Gasteiger partial charge in [-0.15, -0.1) is 0 Å². The lowest BCUT2D eigenvalue weighted by atomic mass is 10.1. The van der Waals surface area contributed by atoms with Gasteiger partial charge >= 0.3 is 5.97 Å². The van der Waals surface area contributed by atoms with Gasteiger partial charge in [0.15, 0.2) is 23.6 Å². The Morgan fingerprint density at radius 2 is 1.79 bits per heavy atom. The second-order valence-corrected chi connectivity index (χ2v) is 6.07. The number of carbonyl (C=O) groups excluding carboxylic acids is 2. The van der Waals surface area contributed by atoms with Gasteiger partial charge in [0, 0.05) is 5.39 Å². The minimum absolute atomic E-state index is 0.240. The molecule has 0 aliphatic rings. The number of halogens is 3. The van der Waals surface area contributed by atoms with E-state index in [1.54, 1.807) is 24.3 Å². The zero-order chi connectivity index (χ0) is 21.1. The molecule has 0 saturated heterocycles. The van der Waals surface area contributed by atoms with E-state index >= 15 is 0 Å². The molecule has 1 heterocycles. The number of nitrogens with one attached hydrogen (secondary N) is 2. The number of fused-ring (bicyclic) bond motifs is 1. The summed E-state index contributed by atoms with van der Waals surface area (Å²) in [5, 5.41) is 8.92. The Morgan fingerprint density at radius 3 is 2.52 bits per heavy atom. The summed E-state index contributed by atoms with van der Waals surface area (Å²) in [4.78, 5) is 36.0. The van der Waals surface area contributed by atoms with Crippen LogP contribution in [0.25, 0.3) is 10.8 Å². The number of nitrogens with zero attached hydrogens (tertiary/aromatic N) is 1. The second kappa shape index (κ2) is 8.13. The van der Waals surface area contributed by atoms with Crippen LogP contribution in [0.2, 0.25) is 0 Å². The Hall–Kier alpha value is -3.69. The number of amides is 1. The number of aromatic nitrogens is 2. The number of ether oxygens (including phenoxy) is 1. The third kappa shape index (κ3) is 4.26. The Balaban J connectivity index is 1.68. The monoisotopic (exact) mass is 405 g/mol. The molecular formula is C19H14F3N3O4. The highest BCUT2D eigenvalue weighted by Crippen LogP contribution is 2.20. The fourth-order valence-corrected chi connectivity index (χ4v) is 2.59. The van der Waals surface area contributed by atoms with E-state index in [1.165, 1.54) is 6.92 Å². The van der Waals surface area contributed by atoms with Crippen molar-refractivity contribution in [1.29, 1.82) is 0 Å². The van der Waals surface area contributed by atoms with Gasteiger partial charge < -0.3 is 10.1 Å². The summed E-state index contributed by atoms with van der Waals surface area (Å²) in [6.07, 6.45) is -1.70. The van der Waals surface area contributed by atoms with Crippen molar-refractivity contribution in [2.24, 2.45) is 0 Å². The molecule has 0 aliphatic heterocycles. The summed E-state index contributed by atoms with van der Waals surface area (Å²) in [5.74, 6) is -6.48. The first-order chi connectivity index (χ1) is 13.8. The fraction of sp³-hybridized carbons (Fsp3) is 0.158. The number of aromatic amines is 1. The van der Waals surface area contributed by atoms with Crippen molar-refractivity contribution in [2.45, 2.75) is 19.4 Å². The van der Waals surface area contributed by atoms with E-state index in [4.69, 9.17) is 4.74 Å². The lowest BCUT2D eigenvalue weighted by Gasteiger charge is -2.14. The van der Waals surface area contributed by atoms with E-state index in [-0.39, 0.29) is 12.1 Å². The molecule has 0 radical (unpaired) electrons. The van der Waals surface area contributed by atoms with Gasteiger partial charge in [0.2, 0.25) is 0 Å². The van der Waals surface area contributed by atoms with E-state index in [0.29, 0.717) is 16.8 Å². The van der Waals surface area contributed by atoms with Crippen molar-refractivity contribution in [3.05, 3.63) is 69.9 Å². The van der Waals surface area contributed by atoms with E-state index in [9.17, 15) is 27.6 Å². The van der Waals surface area contributed by atoms with Crippen molar-refractivity contribution >= 4 is 28.3 Å². The van der Waals surface area contributed by atoms with Gasteiger partial charge in [0.25, 0.3) is 11.5 Å². The van der Waals surface area contributed by atoms with Gasteiger partial charge in [0.05, 0.1) is 23.2 Å². The Kier molecular flexibility index (Phi) is 5.62. The topological polar surface area (TPSA) is 101 Å². The molecule has 3 rings (SSSR count). The largest absolute Gasteiger partial charge is 0.452 e. The zero-order valence-corrected chi connectivity index (χ0v) is 15.0. The summed E-state index contributed by atoms with van der Waals surface area (Å²) in [6.45, 7) is 1.23. The molecule has 7 nitrogen and oxygen atoms in total. The molecular weight excluding hydrogens is 391 g/mol. The van der Waals surface area contributed by atoms with Crippen molar-refractivity contribution in [2.75, 3.05) is 5.32 Å². The number of H-pyrrole nitrogens is 1. The summed E-state index contributed by atoms with van der Waals surface area (Å²) in [5.41, 5.74) is -0.770.